The number of nitriles is 1. The Bertz CT molecular complexity index is 905. The van der Waals surface area contributed by atoms with Gasteiger partial charge in [-0.25, -0.2) is 4.98 Å². The van der Waals surface area contributed by atoms with Crippen LogP contribution in [0.1, 0.15) is 18.3 Å². The Hall–Kier alpha value is -3.13. The standard InChI is InChI=1S/C18H16N4O/c1-2-17-20-15-9-5-6-10-16(15)22(17)12-18(23)21-14-8-4-3-7-13(14)11-19/h3-10H,2,12H2,1H3,(H,21,23). The Morgan fingerprint density at radius 3 is 2.74 bits per heavy atom. The molecule has 1 amide bonds. The topological polar surface area (TPSA) is 70.7 Å². The van der Waals surface area contributed by atoms with E-state index < -0.39 is 0 Å². The van der Waals surface area contributed by atoms with Crippen molar-refractivity contribution in [3.63, 3.8) is 0 Å². The first-order valence-electron chi connectivity index (χ1n) is 7.46. The summed E-state index contributed by atoms with van der Waals surface area (Å²) in [6.07, 6.45) is 0.747. The number of para-hydroxylation sites is 3. The molecule has 1 aromatic heterocycles. The van der Waals surface area contributed by atoms with Gasteiger partial charge in [-0.3, -0.25) is 4.79 Å². The molecule has 3 rings (SSSR count). The van der Waals surface area contributed by atoms with Crippen LogP contribution >= 0.6 is 0 Å². The maximum Gasteiger partial charge on any atom is 0.244 e. The lowest BCUT2D eigenvalue weighted by Gasteiger charge is -2.10. The highest BCUT2D eigenvalue weighted by Gasteiger charge is 2.13. The summed E-state index contributed by atoms with van der Waals surface area (Å²) in [5.41, 5.74) is 2.80. The van der Waals surface area contributed by atoms with Crippen molar-refractivity contribution in [1.82, 2.24) is 9.55 Å². The number of aromatic nitrogens is 2. The van der Waals surface area contributed by atoms with Crippen LogP contribution in [0.4, 0.5) is 5.69 Å². The van der Waals surface area contributed by atoms with Crippen LogP contribution in [-0.2, 0) is 17.8 Å². The number of benzene rings is 2. The van der Waals surface area contributed by atoms with E-state index >= 15 is 0 Å². The van der Waals surface area contributed by atoms with Gasteiger partial charge in [-0.05, 0) is 24.3 Å². The minimum Gasteiger partial charge on any atom is -0.323 e. The van der Waals surface area contributed by atoms with Crippen molar-refractivity contribution < 1.29 is 4.79 Å². The molecule has 23 heavy (non-hydrogen) atoms. The number of fused-ring (bicyclic) bond motifs is 1. The molecular weight excluding hydrogens is 288 g/mol. The fraction of sp³-hybridized carbons (Fsp3) is 0.167. The van der Waals surface area contributed by atoms with Crippen LogP contribution in [0.5, 0.6) is 0 Å². The van der Waals surface area contributed by atoms with E-state index in [-0.39, 0.29) is 12.5 Å². The monoisotopic (exact) mass is 304 g/mol. The lowest BCUT2D eigenvalue weighted by molar-refractivity contribution is -0.116. The highest BCUT2D eigenvalue weighted by Crippen LogP contribution is 2.18. The van der Waals surface area contributed by atoms with E-state index in [1.807, 2.05) is 35.8 Å². The minimum atomic E-state index is -0.175. The van der Waals surface area contributed by atoms with E-state index in [9.17, 15) is 4.79 Å². The van der Waals surface area contributed by atoms with Crippen LogP contribution in [0.3, 0.4) is 0 Å². The Morgan fingerprint density at radius 1 is 1.22 bits per heavy atom. The van der Waals surface area contributed by atoms with E-state index in [0.29, 0.717) is 11.3 Å². The summed E-state index contributed by atoms with van der Waals surface area (Å²) < 4.78 is 1.92. The van der Waals surface area contributed by atoms with Crippen molar-refractivity contribution in [2.75, 3.05) is 5.32 Å². The van der Waals surface area contributed by atoms with E-state index in [0.717, 1.165) is 23.3 Å². The normalized spacial score (nSPS) is 10.4. The van der Waals surface area contributed by atoms with E-state index in [1.54, 1.807) is 24.3 Å². The van der Waals surface area contributed by atoms with E-state index in [2.05, 4.69) is 16.4 Å². The molecule has 0 bridgehead atoms. The first-order chi connectivity index (χ1) is 11.2. The fourth-order valence-electron chi connectivity index (χ4n) is 2.59. The number of nitrogens with zero attached hydrogens (tertiary/aromatic N) is 3. The maximum absolute atomic E-state index is 12.4. The molecule has 3 aromatic rings. The van der Waals surface area contributed by atoms with E-state index in [4.69, 9.17) is 5.26 Å². The molecular formula is C18H16N4O. The Labute approximate surface area is 134 Å². The van der Waals surface area contributed by atoms with Gasteiger partial charge in [0.25, 0.3) is 0 Å². The molecule has 5 nitrogen and oxygen atoms in total. The van der Waals surface area contributed by atoms with Gasteiger partial charge in [0.15, 0.2) is 0 Å². The second-order valence-corrected chi connectivity index (χ2v) is 5.16. The molecule has 0 fully saturated rings. The van der Waals surface area contributed by atoms with Gasteiger partial charge in [0, 0.05) is 6.42 Å². The number of imidazole rings is 1. The van der Waals surface area contributed by atoms with Crippen LogP contribution < -0.4 is 5.32 Å². The van der Waals surface area contributed by atoms with Crippen molar-refractivity contribution >= 4 is 22.6 Å². The minimum absolute atomic E-state index is 0.170. The van der Waals surface area contributed by atoms with Crippen molar-refractivity contribution in [2.45, 2.75) is 19.9 Å². The molecule has 0 saturated heterocycles. The second-order valence-electron chi connectivity index (χ2n) is 5.16. The molecule has 1 heterocycles. The van der Waals surface area contributed by atoms with Gasteiger partial charge in [-0.1, -0.05) is 31.2 Å². The first-order valence-corrected chi connectivity index (χ1v) is 7.46. The molecule has 0 saturated carbocycles. The number of hydrogen-bond donors (Lipinski definition) is 1. The summed E-state index contributed by atoms with van der Waals surface area (Å²) in [7, 11) is 0. The number of aryl methyl sites for hydroxylation is 1. The molecule has 0 spiro atoms. The quantitative estimate of drug-likeness (QED) is 0.805. The van der Waals surface area contributed by atoms with Crippen molar-refractivity contribution in [1.29, 1.82) is 5.26 Å². The first kappa shape index (κ1) is 14.8. The van der Waals surface area contributed by atoms with Gasteiger partial charge in [0.1, 0.15) is 18.4 Å². The summed E-state index contributed by atoms with van der Waals surface area (Å²) in [4.78, 5) is 16.9. The summed E-state index contributed by atoms with van der Waals surface area (Å²) >= 11 is 0. The molecule has 1 N–H and O–H groups in total. The molecule has 2 aromatic carbocycles. The summed E-state index contributed by atoms with van der Waals surface area (Å²) in [6, 6.07) is 16.8. The summed E-state index contributed by atoms with van der Waals surface area (Å²) in [5, 5.41) is 11.9. The fourth-order valence-corrected chi connectivity index (χ4v) is 2.59. The van der Waals surface area contributed by atoms with E-state index in [1.165, 1.54) is 0 Å². The smallest absolute Gasteiger partial charge is 0.244 e. The van der Waals surface area contributed by atoms with Crippen LogP contribution in [0.25, 0.3) is 11.0 Å². The number of rotatable bonds is 4. The Kier molecular flexibility index (Phi) is 4.07. The number of anilines is 1. The third-order valence-corrected chi connectivity index (χ3v) is 3.67. The zero-order valence-corrected chi connectivity index (χ0v) is 12.8. The third kappa shape index (κ3) is 2.92. The van der Waals surface area contributed by atoms with Crippen LogP contribution in [0.15, 0.2) is 48.5 Å². The number of carbonyl (C=O) groups is 1. The zero-order valence-electron chi connectivity index (χ0n) is 12.8. The molecule has 0 atom stereocenters. The molecule has 0 radical (unpaired) electrons. The summed E-state index contributed by atoms with van der Waals surface area (Å²) in [6.45, 7) is 2.18. The van der Waals surface area contributed by atoms with Gasteiger partial charge in [-0.2, -0.15) is 5.26 Å². The lowest BCUT2D eigenvalue weighted by Crippen LogP contribution is -2.20. The van der Waals surface area contributed by atoms with Crippen molar-refractivity contribution in [3.05, 3.63) is 59.9 Å². The molecule has 0 unspecified atom stereocenters. The average molecular weight is 304 g/mol. The van der Waals surface area contributed by atoms with Crippen LogP contribution in [0, 0.1) is 11.3 Å². The highest BCUT2D eigenvalue weighted by molar-refractivity contribution is 5.93. The number of nitrogens with one attached hydrogen (secondary N) is 1. The molecule has 0 aliphatic heterocycles. The highest BCUT2D eigenvalue weighted by atomic mass is 16.1. The summed E-state index contributed by atoms with van der Waals surface area (Å²) in [5.74, 6) is 0.695. The third-order valence-electron chi connectivity index (χ3n) is 3.67. The number of hydrogen-bond acceptors (Lipinski definition) is 3. The van der Waals surface area contributed by atoms with Gasteiger partial charge in [0.05, 0.1) is 22.3 Å². The molecule has 5 heteroatoms. The molecule has 0 aliphatic carbocycles. The molecule has 0 aliphatic rings. The number of amides is 1. The molecule has 114 valence electrons. The van der Waals surface area contributed by atoms with Crippen molar-refractivity contribution in [2.24, 2.45) is 0 Å². The average Bonchev–Trinajstić information content (AvgIpc) is 2.93. The van der Waals surface area contributed by atoms with Gasteiger partial charge in [-0.15, -0.1) is 0 Å². The maximum atomic E-state index is 12.4. The largest absolute Gasteiger partial charge is 0.323 e. The predicted octanol–water partition coefficient (Wildman–Crippen LogP) is 3.11. The number of carbonyl (C=O) groups excluding carboxylic acids is 1. The van der Waals surface area contributed by atoms with Gasteiger partial charge in [0.2, 0.25) is 5.91 Å². The van der Waals surface area contributed by atoms with Crippen molar-refractivity contribution in [3.8, 4) is 6.07 Å². The van der Waals surface area contributed by atoms with Gasteiger partial charge >= 0.3 is 0 Å². The van der Waals surface area contributed by atoms with Crippen LogP contribution in [0.2, 0.25) is 0 Å². The predicted molar refractivity (Wildman–Crippen MR) is 88.9 cm³/mol. The second kappa shape index (κ2) is 6.32. The zero-order chi connectivity index (χ0) is 16.2. The SMILES string of the molecule is CCc1nc2ccccc2n1CC(=O)Nc1ccccc1C#N. The van der Waals surface area contributed by atoms with Crippen LogP contribution in [-0.4, -0.2) is 15.5 Å². The van der Waals surface area contributed by atoms with Gasteiger partial charge < -0.3 is 9.88 Å². The Balaban J connectivity index is 1.87. The Morgan fingerprint density at radius 2 is 1.96 bits per heavy atom. The lowest BCUT2D eigenvalue weighted by atomic mass is 10.2.